The van der Waals surface area contributed by atoms with Crippen LogP contribution in [0.4, 0.5) is 10.1 Å². The van der Waals surface area contributed by atoms with Crippen LogP contribution in [-0.2, 0) is 4.74 Å². The van der Waals surface area contributed by atoms with Crippen LogP contribution < -0.4 is 10.2 Å². The van der Waals surface area contributed by atoms with Crippen LogP contribution in [0.1, 0.15) is 6.42 Å². The van der Waals surface area contributed by atoms with Crippen molar-refractivity contribution in [3.8, 4) is 0 Å². The van der Waals surface area contributed by atoms with E-state index in [2.05, 4.69) is 10.2 Å². The van der Waals surface area contributed by atoms with Crippen molar-refractivity contribution in [2.45, 2.75) is 12.5 Å². The highest BCUT2D eigenvalue weighted by Crippen LogP contribution is 2.21. The number of anilines is 1. The smallest absolute Gasteiger partial charge is 0.146 e. The lowest BCUT2D eigenvalue weighted by molar-refractivity contribution is 0.0356. The molecule has 1 N–H and O–H groups in total. The van der Waals surface area contributed by atoms with Crippen molar-refractivity contribution in [2.75, 3.05) is 38.2 Å². The number of ether oxygens (including phenoxy) is 1. The molecular weight excluding hydrogens is 219 g/mol. The Morgan fingerprint density at radius 3 is 3.06 bits per heavy atom. The molecule has 1 aliphatic heterocycles. The standard InChI is InChI=1S/C13H19FN2O/c1-15-7-6-11-10-16(8-9-17-11)13-5-3-2-4-12(13)14/h2-5,11,15H,6-10H2,1H3. The normalized spacial score (nSPS) is 20.6. The van der Waals surface area contributed by atoms with Crippen LogP contribution in [-0.4, -0.2) is 39.4 Å². The summed E-state index contributed by atoms with van der Waals surface area (Å²) in [5.74, 6) is -0.151. The fourth-order valence-corrected chi connectivity index (χ4v) is 2.13. The molecule has 0 radical (unpaired) electrons. The topological polar surface area (TPSA) is 24.5 Å². The van der Waals surface area contributed by atoms with E-state index in [0.717, 1.165) is 26.1 Å². The second kappa shape index (κ2) is 5.98. The molecule has 1 fully saturated rings. The van der Waals surface area contributed by atoms with Gasteiger partial charge in [0, 0.05) is 13.1 Å². The summed E-state index contributed by atoms with van der Waals surface area (Å²) in [4.78, 5) is 2.07. The Morgan fingerprint density at radius 1 is 1.47 bits per heavy atom. The fourth-order valence-electron chi connectivity index (χ4n) is 2.13. The van der Waals surface area contributed by atoms with Crippen LogP contribution in [0.3, 0.4) is 0 Å². The zero-order valence-electron chi connectivity index (χ0n) is 10.2. The lowest BCUT2D eigenvalue weighted by Crippen LogP contribution is -2.43. The maximum atomic E-state index is 13.7. The van der Waals surface area contributed by atoms with Gasteiger partial charge in [-0.2, -0.15) is 0 Å². The van der Waals surface area contributed by atoms with E-state index in [0.29, 0.717) is 12.3 Å². The summed E-state index contributed by atoms with van der Waals surface area (Å²) in [6.07, 6.45) is 1.15. The first kappa shape index (κ1) is 12.3. The first-order valence-electron chi connectivity index (χ1n) is 6.07. The Morgan fingerprint density at radius 2 is 2.29 bits per heavy atom. The molecule has 0 saturated carbocycles. The Labute approximate surface area is 102 Å². The number of halogens is 1. The molecule has 1 heterocycles. The van der Waals surface area contributed by atoms with Gasteiger partial charge in [0.05, 0.1) is 18.4 Å². The predicted octanol–water partition coefficient (Wildman–Crippen LogP) is 1.64. The van der Waals surface area contributed by atoms with Crippen molar-refractivity contribution in [1.29, 1.82) is 0 Å². The lowest BCUT2D eigenvalue weighted by Gasteiger charge is -2.34. The average Bonchev–Trinajstić information content (AvgIpc) is 2.37. The van der Waals surface area contributed by atoms with Gasteiger partial charge in [-0.05, 0) is 32.1 Å². The van der Waals surface area contributed by atoms with Gasteiger partial charge in [0.15, 0.2) is 0 Å². The maximum Gasteiger partial charge on any atom is 0.146 e. The summed E-state index contributed by atoms with van der Waals surface area (Å²) >= 11 is 0. The number of nitrogens with zero attached hydrogens (tertiary/aromatic N) is 1. The monoisotopic (exact) mass is 238 g/mol. The van der Waals surface area contributed by atoms with E-state index in [1.54, 1.807) is 6.07 Å². The zero-order chi connectivity index (χ0) is 12.1. The average molecular weight is 238 g/mol. The highest BCUT2D eigenvalue weighted by Gasteiger charge is 2.21. The minimum Gasteiger partial charge on any atom is -0.374 e. The summed E-state index contributed by atoms with van der Waals surface area (Å²) in [7, 11) is 1.93. The third kappa shape index (κ3) is 3.17. The second-order valence-corrected chi connectivity index (χ2v) is 4.28. The molecule has 94 valence electrons. The second-order valence-electron chi connectivity index (χ2n) is 4.28. The summed E-state index contributed by atoms with van der Waals surface area (Å²) < 4.78 is 19.3. The van der Waals surface area contributed by atoms with Crippen molar-refractivity contribution in [1.82, 2.24) is 5.32 Å². The number of morpholine rings is 1. The minimum absolute atomic E-state index is 0.151. The number of nitrogens with one attached hydrogen (secondary N) is 1. The van der Waals surface area contributed by atoms with Crippen molar-refractivity contribution in [3.05, 3.63) is 30.1 Å². The molecule has 2 rings (SSSR count). The van der Waals surface area contributed by atoms with Gasteiger partial charge >= 0.3 is 0 Å². The third-order valence-electron chi connectivity index (χ3n) is 3.05. The van der Waals surface area contributed by atoms with Gasteiger partial charge in [-0.1, -0.05) is 12.1 Å². The van der Waals surface area contributed by atoms with Crippen LogP contribution in [0.5, 0.6) is 0 Å². The van der Waals surface area contributed by atoms with Gasteiger partial charge in [0.25, 0.3) is 0 Å². The molecule has 0 aromatic heterocycles. The highest BCUT2D eigenvalue weighted by atomic mass is 19.1. The highest BCUT2D eigenvalue weighted by molar-refractivity contribution is 5.48. The van der Waals surface area contributed by atoms with Crippen LogP contribution in [0.15, 0.2) is 24.3 Å². The first-order chi connectivity index (χ1) is 8.31. The largest absolute Gasteiger partial charge is 0.374 e. The van der Waals surface area contributed by atoms with E-state index in [1.165, 1.54) is 6.07 Å². The third-order valence-corrected chi connectivity index (χ3v) is 3.05. The molecule has 3 nitrogen and oxygen atoms in total. The van der Waals surface area contributed by atoms with E-state index in [4.69, 9.17) is 4.74 Å². The quantitative estimate of drug-likeness (QED) is 0.863. The number of hydrogen-bond donors (Lipinski definition) is 1. The van der Waals surface area contributed by atoms with Crippen molar-refractivity contribution < 1.29 is 9.13 Å². The van der Waals surface area contributed by atoms with Crippen molar-refractivity contribution in [2.24, 2.45) is 0 Å². The minimum atomic E-state index is -0.151. The molecule has 4 heteroatoms. The fraction of sp³-hybridized carbons (Fsp3) is 0.538. The lowest BCUT2D eigenvalue weighted by atomic mass is 10.2. The molecule has 1 unspecified atom stereocenters. The van der Waals surface area contributed by atoms with Gasteiger partial charge < -0.3 is 15.0 Å². The van der Waals surface area contributed by atoms with Crippen molar-refractivity contribution in [3.63, 3.8) is 0 Å². The molecule has 0 spiro atoms. The zero-order valence-corrected chi connectivity index (χ0v) is 10.2. The SMILES string of the molecule is CNCCC1CN(c2ccccc2F)CCO1. The van der Waals surface area contributed by atoms with Crippen LogP contribution in [0.25, 0.3) is 0 Å². The van der Waals surface area contributed by atoms with E-state index in [-0.39, 0.29) is 11.9 Å². The van der Waals surface area contributed by atoms with E-state index in [9.17, 15) is 4.39 Å². The van der Waals surface area contributed by atoms with E-state index in [1.807, 2.05) is 19.2 Å². The van der Waals surface area contributed by atoms with Gasteiger partial charge in [-0.15, -0.1) is 0 Å². The van der Waals surface area contributed by atoms with Crippen LogP contribution in [0.2, 0.25) is 0 Å². The number of rotatable bonds is 4. The molecule has 1 aromatic rings. The number of benzene rings is 1. The molecule has 1 atom stereocenters. The molecule has 0 bridgehead atoms. The van der Waals surface area contributed by atoms with Crippen LogP contribution in [0, 0.1) is 5.82 Å². The van der Waals surface area contributed by atoms with Gasteiger partial charge in [0.2, 0.25) is 0 Å². The summed E-state index contributed by atoms with van der Waals surface area (Å²) in [5, 5.41) is 3.11. The molecule has 1 aromatic carbocycles. The molecule has 17 heavy (non-hydrogen) atoms. The van der Waals surface area contributed by atoms with Crippen molar-refractivity contribution >= 4 is 5.69 Å². The van der Waals surface area contributed by atoms with E-state index >= 15 is 0 Å². The maximum absolute atomic E-state index is 13.7. The predicted molar refractivity (Wildman–Crippen MR) is 66.9 cm³/mol. The Balaban J connectivity index is 1.99. The van der Waals surface area contributed by atoms with Gasteiger partial charge in [-0.25, -0.2) is 4.39 Å². The molecular formula is C13H19FN2O. The number of para-hydroxylation sites is 1. The summed E-state index contributed by atoms with van der Waals surface area (Å²) in [5.41, 5.74) is 0.685. The summed E-state index contributed by atoms with van der Waals surface area (Å²) in [6, 6.07) is 6.93. The first-order valence-corrected chi connectivity index (χ1v) is 6.07. The summed E-state index contributed by atoms with van der Waals surface area (Å²) in [6.45, 7) is 3.12. The molecule has 1 saturated heterocycles. The van der Waals surface area contributed by atoms with Gasteiger partial charge in [-0.3, -0.25) is 0 Å². The molecule has 0 amide bonds. The number of hydrogen-bond acceptors (Lipinski definition) is 3. The molecule has 0 aliphatic carbocycles. The Kier molecular flexibility index (Phi) is 4.34. The van der Waals surface area contributed by atoms with Crippen LogP contribution >= 0.6 is 0 Å². The van der Waals surface area contributed by atoms with E-state index < -0.39 is 0 Å². The Hall–Kier alpha value is -1.13. The Bertz CT molecular complexity index is 359. The van der Waals surface area contributed by atoms with Gasteiger partial charge in [0.1, 0.15) is 5.82 Å². The molecule has 1 aliphatic rings.